The molecule has 3 aromatic rings. The number of hydrogen-bond donors (Lipinski definition) is 3. The molecule has 3 N–H and O–H groups in total. The molecule has 3 rings (SSSR count). The van der Waals surface area contributed by atoms with Crippen LogP contribution in [0.5, 0.6) is 5.75 Å². The van der Waals surface area contributed by atoms with Crippen molar-refractivity contribution in [3.8, 4) is 5.75 Å². The van der Waals surface area contributed by atoms with Gasteiger partial charge in [-0.2, -0.15) is 0 Å². The van der Waals surface area contributed by atoms with Gasteiger partial charge in [-0.1, -0.05) is 12.1 Å². The first-order valence-corrected chi connectivity index (χ1v) is 9.90. The maximum absolute atomic E-state index is 12.6. The monoisotopic (exact) mass is 426 g/mol. The van der Waals surface area contributed by atoms with Crippen LogP contribution < -0.4 is 20.9 Å². The van der Waals surface area contributed by atoms with E-state index in [9.17, 15) is 14.4 Å². The van der Waals surface area contributed by atoms with E-state index in [0.717, 1.165) is 0 Å². The highest BCUT2D eigenvalue weighted by atomic mass is 32.1. The minimum absolute atomic E-state index is 0.0690. The number of H-pyrrole nitrogens is 1. The third-order valence-corrected chi connectivity index (χ3v) is 4.66. The molecule has 156 valence electrons. The fraction of sp³-hybridized carbons (Fsp3) is 0.238. The number of likely N-dealkylation sites (N-methyl/N-ethyl adjacent to an activating group) is 1. The molecule has 0 spiro atoms. The minimum atomic E-state index is -0.250. The molecule has 0 unspecified atom stereocenters. The topological polar surface area (TPSA) is 105 Å². The largest absolute Gasteiger partial charge is 0.484 e. The minimum Gasteiger partial charge on any atom is -0.484 e. The highest BCUT2D eigenvalue weighted by molar-refractivity contribution is 7.71. The van der Waals surface area contributed by atoms with Crippen molar-refractivity contribution < 1.29 is 14.3 Å². The van der Waals surface area contributed by atoms with Crippen molar-refractivity contribution in [2.24, 2.45) is 0 Å². The summed E-state index contributed by atoms with van der Waals surface area (Å²) in [7, 11) is 0. The molecule has 2 amide bonds. The lowest BCUT2D eigenvalue weighted by Gasteiger charge is -2.10. The fourth-order valence-electron chi connectivity index (χ4n) is 2.87. The Balaban J connectivity index is 1.57. The summed E-state index contributed by atoms with van der Waals surface area (Å²) < 4.78 is 7.03. The molecule has 1 heterocycles. The zero-order valence-corrected chi connectivity index (χ0v) is 17.3. The summed E-state index contributed by atoms with van der Waals surface area (Å²) in [6, 6.07) is 13.8. The van der Waals surface area contributed by atoms with E-state index in [0.29, 0.717) is 28.9 Å². The van der Waals surface area contributed by atoms with Crippen molar-refractivity contribution in [3.63, 3.8) is 0 Å². The van der Waals surface area contributed by atoms with Crippen molar-refractivity contribution in [1.29, 1.82) is 0 Å². The fourth-order valence-corrected chi connectivity index (χ4v) is 3.15. The van der Waals surface area contributed by atoms with Gasteiger partial charge in [0.1, 0.15) is 5.75 Å². The molecule has 0 fully saturated rings. The molecule has 0 aliphatic heterocycles. The second-order valence-electron chi connectivity index (χ2n) is 6.50. The predicted molar refractivity (Wildman–Crippen MR) is 117 cm³/mol. The molecule has 0 radical (unpaired) electrons. The Morgan fingerprint density at radius 2 is 1.83 bits per heavy atom. The van der Waals surface area contributed by atoms with E-state index < -0.39 is 0 Å². The van der Waals surface area contributed by atoms with Crippen molar-refractivity contribution in [2.45, 2.75) is 19.9 Å². The number of carbonyl (C=O) groups is 2. The predicted octanol–water partition coefficient (Wildman–Crippen LogP) is 2.60. The summed E-state index contributed by atoms with van der Waals surface area (Å²) >= 11 is 5.26. The van der Waals surface area contributed by atoms with Crippen LogP contribution in [0.15, 0.2) is 53.3 Å². The molecular formula is C21H22N4O4S. The summed E-state index contributed by atoms with van der Waals surface area (Å²) in [5, 5.41) is 5.93. The first-order valence-electron chi connectivity index (χ1n) is 9.49. The second-order valence-corrected chi connectivity index (χ2v) is 6.88. The summed E-state index contributed by atoms with van der Waals surface area (Å²) in [6.07, 6.45) is 0.0885. The summed E-state index contributed by atoms with van der Waals surface area (Å²) in [5.74, 6) is 0.0749. The molecule has 30 heavy (non-hydrogen) atoms. The SMILES string of the molecule is CCNC(=O)COc1ccc(NC(=O)CCn2c(=S)[nH]c3ccccc3c2=O)cc1. The number of rotatable bonds is 8. The van der Waals surface area contributed by atoms with Crippen LogP contribution >= 0.6 is 12.2 Å². The molecule has 0 bridgehead atoms. The van der Waals surface area contributed by atoms with Gasteiger partial charge in [0, 0.05) is 25.2 Å². The van der Waals surface area contributed by atoms with E-state index in [2.05, 4.69) is 15.6 Å². The number of para-hydroxylation sites is 1. The van der Waals surface area contributed by atoms with Gasteiger partial charge in [0.25, 0.3) is 11.5 Å². The Labute approximate surface area is 177 Å². The lowest BCUT2D eigenvalue weighted by atomic mass is 10.2. The first kappa shape index (κ1) is 21.3. The Morgan fingerprint density at radius 3 is 2.57 bits per heavy atom. The van der Waals surface area contributed by atoms with Crippen LogP contribution in [0.2, 0.25) is 0 Å². The first-order chi connectivity index (χ1) is 14.5. The Bertz CT molecular complexity index is 1170. The number of carbonyl (C=O) groups excluding carboxylic acids is 2. The maximum atomic E-state index is 12.6. The molecule has 0 aliphatic rings. The highest BCUT2D eigenvalue weighted by Crippen LogP contribution is 2.16. The Hall–Kier alpha value is -3.46. The average molecular weight is 426 g/mol. The van der Waals surface area contributed by atoms with E-state index in [4.69, 9.17) is 17.0 Å². The highest BCUT2D eigenvalue weighted by Gasteiger charge is 2.09. The molecule has 0 saturated carbocycles. The number of anilines is 1. The maximum Gasteiger partial charge on any atom is 0.262 e. The lowest BCUT2D eigenvalue weighted by molar-refractivity contribution is -0.123. The van der Waals surface area contributed by atoms with Gasteiger partial charge in [0.2, 0.25) is 5.91 Å². The van der Waals surface area contributed by atoms with Gasteiger partial charge in [-0.05, 0) is 55.5 Å². The number of fused-ring (bicyclic) bond motifs is 1. The van der Waals surface area contributed by atoms with Gasteiger partial charge in [0.15, 0.2) is 11.4 Å². The number of hydrogen-bond acceptors (Lipinski definition) is 5. The number of aromatic nitrogens is 2. The van der Waals surface area contributed by atoms with Gasteiger partial charge in [-0.3, -0.25) is 19.0 Å². The normalized spacial score (nSPS) is 10.6. The average Bonchev–Trinajstić information content (AvgIpc) is 2.73. The molecule has 0 saturated heterocycles. The van der Waals surface area contributed by atoms with Crippen LogP contribution in [-0.4, -0.2) is 34.5 Å². The zero-order chi connectivity index (χ0) is 21.5. The van der Waals surface area contributed by atoms with E-state index in [1.807, 2.05) is 13.0 Å². The number of nitrogens with one attached hydrogen (secondary N) is 3. The molecule has 2 aromatic carbocycles. The molecule has 9 heteroatoms. The quantitative estimate of drug-likeness (QED) is 0.480. The van der Waals surface area contributed by atoms with Crippen LogP contribution in [0.4, 0.5) is 5.69 Å². The van der Waals surface area contributed by atoms with E-state index in [1.165, 1.54) is 4.57 Å². The Kier molecular flexibility index (Phi) is 6.97. The zero-order valence-electron chi connectivity index (χ0n) is 16.4. The second kappa shape index (κ2) is 9.84. The molecule has 1 aromatic heterocycles. The van der Waals surface area contributed by atoms with Gasteiger partial charge < -0.3 is 20.4 Å². The van der Waals surface area contributed by atoms with Gasteiger partial charge >= 0.3 is 0 Å². The summed E-state index contributed by atoms with van der Waals surface area (Å²) in [4.78, 5) is 39.3. The van der Waals surface area contributed by atoms with Gasteiger partial charge in [0.05, 0.1) is 10.9 Å². The number of benzene rings is 2. The van der Waals surface area contributed by atoms with Crippen LogP contribution in [0.25, 0.3) is 10.9 Å². The van der Waals surface area contributed by atoms with Gasteiger partial charge in [-0.15, -0.1) is 0 Å². The van der Waals surface area contributed by atoms with Crippen LogP contribution in [0, 0.1) is 4.77 Å². The van der Waals surface area contributed by atoms with Crippen LogP contribution in [0.1, 0.15) is 13.3 Å². The molecule has 8 nitrogen and oxygen atoms in total. The number of amides is 2. The third-order valence-electron chi connectivity index (χ3n) is 4.33. The van der Waals surface area contributed by atoms with Crippen LogP contribution in [-0.2, 0) is 16.1 Å². The molecule has 0 aliphatic carbocycles. The third kappa shape index (κ3) is 5.32. The number of ether oxygens (including phenoxy) is 1. The standard InChI is InChI=1S/C21H22N4O4S/c1-2-22-19(27)13-29-15-9-7-14(8-10-15)23-18(26)11-12-25-20(28)16-5-3-4-6-17(16)24-21(25)30/h3-10H,2,11-13H2,1H3,(H,22,27)(H,23,26)(H,24,30). The van der Waals surface area contributed by atoms with Crippen molar-refractivity contribution >= 4 is 40.6 Å². The van der Waals surface area contributed by atoms with E-state index in [-0.39, 0.29) is 41.7 Å². The van der Waals surface area contributed by atoms with Crippen LogP contribution in [0.3, 0.4) is 0 Å². The van der Waals surface area contributed by atoms with Crippen molar-refractivity contribution in [1.82, 2.24) is 14.9 Å². The van der Waals surface area contributed by atoms with E-state index >= 15 is 0 Å². The van der Waals surface area contributed by atoms with Crippen molar-refractivity contribution in [2.75, 3.05) is 18.5 Å². The molecule has 0 atom stereocenters. The Morgan fingerprint density at radius 1 is 1.10 bits per heavy atom. The smallest absolute Gasteiger partial charge is 0.262 e. The summed E-state index contributed by atoms with van der Waals surface area (Å²) in [6.45, 7) is 2.47. The molecular weight excluding hydrogens is 404 g/mol. The lowest BCUT2D eigenvalue weighted by Crippen LogP contribution is -2.28. The van der Waals surface area contributed by atoms with E-state index in [1.54, 1.807) is 42.5 Å². The number of aromatic amines is 1. The van der Waals surface area contributed by atoms with Gasteiger partial charge in [-0.25, -0.2) is 0 Å². The van der Waals surface area contributed by atoms with Crippen molar-refractivity contribution in [3.05, 3.63) is 63.7 Å². The summed E-state index contributed by atoms with van der Waals surface area (Å²) in [5.41, 5.74) is 1.03. The number of nitrogens with zero attached hydrogens (tertiary/aromatic N) is 1.